The Labute approximate surface area is 277 Å². The van der Waals surface area contributed by atoms with Gasteiger partial charge in [0.15, 0.2) is 30.5 Å². The lowest BCUT2D eigenvalue weighted by Gasteiger charge is -2.42. The minimum absolute atomic E-state index is 0.0686. The number of nitrogens with zero attached hydrogens (tertiary/aromatic N) is 3. The molecule has 262 valence electrons. The predicted octanol–water partition coefficient (Wildman–Crippen LogP) is 3.85. The van der Waals surface area contributed by atoms with Gasteiger partial charge in [0.1, 0.15) is 16.8 Å². The number of Topliss-reactive ketones (excluding diaryl/α,β-unsaturated/α-hetero) is 1. The number of ether oxygens (including phenoxy) is 5. The molecule has 0 aromatic heterocycles. The van der Waals surface area contributed by atoms with Crippen LogP contribution >= 0.6 is 0 Å². The number of carbonyl (C=O) groups excluding carboxylic acids is 5. The molecule has 0 bridgehead atoms. The van der Waals surface area contributed by atoms with Crippen molar-refractivity contribution in [2.45, 2.75) is 98.0 Å². The van der Waals surface area contributed by atoms with Crippen molar-refractivity contribution in [3.8, 4) is 11.5 Å². The molecule has 2 fully saturated rings. The molecule has 0 atom stereocenters. The van der Waals surface area contributed by atoms with Crippen molar-refractivity contribution in [3.63, 3.8) is 0 Å². The number of amides is 2. The molecule has 2 amide bonds. The van der Waals surface area contributed by atoms with Crippen LogP contribution in [0.4, 0.5) is 4.79 Å². The molecule has 2 aliphatic heterocycles. The molecular formula is C34H51N3O10. The monoisotopic (exact) mass is 661 g/mol. The lowest BCUT2D eigenvalue weighted by atomic mass is 10.0. The van der Waals surface area contributed by atoms with Gasteiger partial charge in [-0.05, 0) is 93.4 Å². The second-order valence-corrected chi connectivity index (χ2v) is 14.8. The third-order valence-corrected chi connectivity index (χ3v) is 7.11. The second-order valence-electron chi connectivity index (χ2n) is 14.8. The van der Waals surface area contributed by atoms with E-state index in [9.17, 15) is 24.0 Å². The van der Waals surface area contributed by atoms with E-state index in [4.69, 9.17) is 23.7 Å². The molecule has 13 heteroatoms. The Balaban J connectivity index is 1.60. The summed E-state index contributed by atoms with van der Waals surface area (Å²) in [6, 6.07) is 4.59. The van der Waals surface area contributed by atoms with Gasteiger partial charge >= 0.3 is 18.0 Å². The number of hydrogen-bond donors (Lipinski definition) is 0. The number of rotatable bonds is 10. The smallest absolute Gasteiger partial charge is 0.410 e. The molecule has 3 rings (SSSR count). The molecule has 0 saturated carbocycles. The van der Waals surface area contributed by atoms with Crippen LogP contribution < -0.4 is 9.47 Å². The van der Waals surface area contributed by atoms with E-state index in [1.807, 2.05) is 20.8 Å². The Morgan fingerprint density at radius 1 is 0.723 bits per heavy atom. The van der Waals surface area contributed by atoms with Gasteiger partial charge in [-0.15, -0.1) is 0 Å². The van der Waals surface area contributed by atoms with Crippen molar-refractivity contribution >= 4 is 29.7 Å². The molecule has 0 spiro atoms. The Bertz CT molecular complexity index is 1300. The molecule has 13 nitrogen and oxygen atoms in total. The van der Waals surface area contributed by atoms with Gasteiger partial charge in [-0.25, -0.2) is 14.4 Å². The average Bonchev–Trinajstić information content (AvgIpc) is 2.93. The van der Waals surface area contributed by atoms with Crippen LogP contribution in [-0.4, -0.2) is 120 Å². The van der Waals surface area contributed by atoms with Gasteiger partial charge in [0, 0.05) is 37.8 Å². The van der Waals surface area contributed by atoms with Crippen LogP contribution in [-0.2, 0) is 28.6 Å². The maximum atomic E-state index is 13.3. The molecule has 0 N–H and O–H groups in total. The highest BCUT2D eigenvalue weighted by atomic mass is 16.6. The van der Waals surface area contributed by atoms with Crippen molar-refractivity contribution in [2.24, 2.45) is 0 Å². The molecule has 2 saturated heterocycles. The fourth-order valence-electron chi connectivity index (χ4n) is 5.14. The topological polar surface area (TPSA) is 141 Å². The zero-order chi connectivity index (χ0) is 35.2. The normalized spacial score (nSPS) is 16.8. The zero-order valence-corrected chi connectivity index (χ0v) is 29.3. The fourth-order valence-corrected chi connectivity index (χ4v) is 5.14. The first-order chi connectivity index (χ1) is 21.7. The van der Waals surface area contributed by atoms with Gasteiger partial charge in [0.25, 0.3) is 0 Å². The molecule has 47 heavy (non-hydrogen) atoms. The standard InChI is InChI=1S/C34H51N3O10/c1-32(2,3)45-29(40)21-43-26-11-10-23(18-27(26)44-22-30(41)46-33(4,5)6)25(38)19-37-17-16-36(20-28(37)39)24-12-14-35(15-13-24)31(42)47-34(7,8)9/h10-11,18,24H,12-17,19-22H2,1-9H3. The minimum Gasteiger partial charge on any atom is -0.478 e. The molecule has 0 aliphatic carbocycles. The molecule has 0 radical (unpaired) electrons. The summed E-state index contributed by atoms with van der Waals surface area (Å²) >= 11 is 0. The van der Waals surface area contributed by atoms with E-state index in [1.54, 1.807) is 46.4 Å². The Morgan fingerprint density at radius 2 is 1.26 bits per heavy atom. The second kappa shape index (κ2) is 15.4. The van der Waals surface area contributed by atoms with E-state index in [-0.39, 0.29) is 54.0 Å². The van der Waals surface area contributed by atoms with Crippen LogP contribution in [0.15, 0.2) is 18.2 Å². The number of hydrogen-bond acceptors (Lipinski definition) is 11. The average molecular weight is 662 g/mol. The molecule has 1 aromatic carbocycles. The van der Waals surface area contributed by atoms with Crippen molar-refractivity contribution in [1.29, 1.82) is 0 Å². The summed E-state index contributed by atoms with van der Waals surface area (Å²) in [5.74, 6) is -1.48. The zero-order valence-electron chi connectivity index (χ0n) is 29.3. The van der Waals surface area contributed by atoms with E-state index in [1.165, 1.54) is 23.1 Å². The SMILES string of the molecule is CC(C)(C)OC(=O)COc1ccc(C(=O)CN2CCN(C3CCN(C(=O)OC(C)(C)C)CC3)CC2=O)cc1OCC(=O)OC(C)(C)C. The first kappa shape index (κ1) is 37.6. The summed E-state index contributed by atoms with van der Waals surface area (Å²) in [7, 11) is 0. The number of ketones is 1. The molecule has 2 aliphatic rings. The number of likely N-dealkylation sites (tertiary alicyclic amines) is 1. The first-order valence-electron chi connectivity index (χ1n) is 16.1. The van der Waals surface area contributed by atoms with Crippen LogP contribution in [0.1, 0.15) is 85.5 Å². The van der Waals surface area contributed by atoms with Crippen LogP contribution in [0.25, 0.3) is 0 Å². The fraction of sp³-hybridized carbons (Fsp3) is 0.676. The van der Waals surface area contributed by atoms with Crippen molar-refractivity contribution < 1.29 is 47.7 Å². The minimum atomic E-state index is -0.720. The van der Waals surface area contributed by atoms with E-state index in [0.717, 1.165) is 12.8 Å². The van der Waals surface area contributed by atoms with Crippen molar-refractivity contribution in [2.75, 3.05) is 52.5 Å². The summed E-state index contributed by atoms with van der Waals surface area (Å²) in [4.78, 5) is 68.8. The Hall–Kier alpha value is -3.87. The van der Waals surface area contributed by atoms with Gasteiger partial charge < -0.3 is 33.5 Å². The van der Waals surface area contributed by atoms with E-state index >= 15 is 0 Å². The highest BCUT2D eigenvalue weighted by Crippen LogP contribution is 2.30. The summed E-state index contributed by atoms with van der Waals surface area (Å²) in [5, 5.41) is 0. The Morgan fingerprint density at radius 3 is 1.77 bits per heavy atom. The summed E-state index contributed by atoms with van der Waals surface area (Å²) < 4.78 is 27.4. The summed E-state index contributed by atoms with van der Waals surface area (Å²) in [5.41, 5.74) is -1.73. The Kier molecular flexibility index (Phi) is 12.3. The number of esters is 2. The number of benzene rings is 1. The first-order valence-corrected chi connectivity index (χ1v) is 16.1. The highest BCUT2D eigenvalue weighted by molar-refractivity contribution is 6.00. The van der Waals surface area contributed by atoms with Gasteiger partial charge in [0.05, 0.1) is 13.1 Å². The van der Waals surface area contributed by atoms with Crippen LogP contribution in [0, 0.1) is 0 Å². The largest absolute Gasteiger partial charge is 0.478 e. The van der Waals surface area contributed by atoms with Gasteiger partial charge in [0.2, 0.25) is 5.91 Å². The quantitative estimate of drug-likeness (QED) is 0.205. The van der Waals surface area contributed by atoms with Crippen molar-refractivity contribution in [3.05, 3.63) is 23.8 Å². The highest BCUT2D eigenvalue weighted by Gasteiger charge is 2.34. The summed E-state index contributed by atoms with van der Waals surface area (Å²) in [6.45, 7) is 17.2. The number of piperidine rings is 1. The third-order valence-electron chi connectivity index (χ3n) is 7.11. The van der Waals surface area contributed by atoms with Crippen LogP contribution in [0.5, 0.6) is 11.5 Å². The molecule has 1 aromatic rings. The van der Waals surface area contributed by atoms with Crippen molar-refractivity contribution in [1.82, 2.24) is 14.7 Å². The van der Waals surface area contributed by atoms with E-state index in [0.29, 0.717) is 26.2 Å². The van der Waals surface area contributed by atoms with E-state index < -0.39 is 42.0 Å². The van der Waals surface area contributed by atoms with Crippen LogP contribution in [0.2, 0.25) is 0 Å². The lowest BCUT2D eigenvalue weighted by molar-refractivity contribution is -0.158. The number of carbonyl (C=O) groups is 5. The number of piperazine rings is 1. The predicted molar refractivity (Wildman–Crippen MR) is 172 cm³/mol. The van der Waals surface area contributed by atoms with Gasteiger partial charge in [-0.3, -0.25) is 14.5 Å². The van der Waals surface area contributed by atoms with E-state index in [2.05, 4.69) is 4.90 Å². The molecule has 2 heterocycles. The molecule has 0 unspecified atom stereocenters. The van der Waals surface area contributed by atoms with Gasteiger partial charge in [-0.1, -0.05) is 0 Å². The summed E-state index contributed by atoms with van der Waals surface area (Å²) in [6.07, 6.45) is 1.15. The van der Waals surface area contributed by atoms with Gasteiger partial charge in [-0.2, -0.15) is 0 Å². The lowest BCUT2D eigenvalue weighted by Crippen LogP contribution is -2.56. The maximum absolute atomic E-state index is 13.3. The maximum Gasteiger partial charge on any atom is 0.410 e. The van der Waals surface area contributed by atoms with Crippen LogP contribution in [0.3, 0.4) is 0 Å². The molecular weight excluding hydrogens is 610 g/mol. The third kappa shape index (κ3) is 12.7.